The van der Waals surface area contributed by atoms with Gasteiger partial charge in [0.05, 0.1) is 30.7 Å². The second-order valence-corrected chi connectivity index (χ2v) is 5.09. The molecule has 1 rings (SSSR count). The first-order valence-electron chi connectivity index (χ1n) is 6.66. The van der Waals surface area contributed by atoms with Crippen molar-refractivity contribution in [1.29, 1.82) is 0 Å². The summed E-state index contributed by atoms with van der Waals surface area (Å²) in [6.07, 6.45) is 0.186. The van der Waals surface area contributed by atoms with E-state index < -0.39 is 0 Å². The predicted molar refractivity (Wildman–Crippen MR) is 73.7 cm³/mol. The third-order valence-corrected chi connectivity index (χ3v) is 2.57. The molecule has 0 bridgehead atoms. The van der Waals surface area contributed by atoms with Crippen molar-refractivity contribution in [1.82, 2.24) is 4.98 Å². The zero-order valence-electron chi connectivity index (χ0n) is 12.2. The zero-order chi connectivity index (χ0) is 14.3. The molecular weight excluding hydrogens is 242 g/mol. The molecule has 0 amide bonds. The lowest BCUT2D eigenvalue weighted by Gasteiger charge is -2.09. The molecule has 0 saturated carbocycles. The third kappa shape index (κ3) is 6.45. The smallest absolute Gasteiger partial charge is 0.160 e. The topological polar surface area (TPSA) is 48.4 Å². The quantitative estimate of drug-likeness (QED) is 0.725. The maximum absolute atomic E-state index is 11.4. The summed E-state index contributed by atoms with van der Waals surface area (Å²) in [5.74, 6) is 0.123. The summed E-state index contributed by atoms with van der Waals surface area (Å²) in [5, 5.41) is 0. The Morgan fingerprint density at radius 3 is 2.37 bits per heavy atom. The van der Waals surface area contributed by atoms with Crippen molar-refractivity contribution in [3.05, 3.63) is 29.6 Å². The van der Waals surface area contributed by atoms with Gasteiger partial charge in [-0.1, -0.05) is 19.9 Å². The highest BCUT2D eigenvalue weighted by Gasteiger charge is 2.07. The number of Topliss-reactive ketones (excluding diaryl/α,β-unsaturated/α-hetero) is 1. The Bertz CT molecular complexity index is 402. The summed E-state index contributed by atoms with van der Waals surface area (Å²) in [5.41, 5.74) is 1.70. The van der Waals surface area contributed by atoms with Gasteiger partial charge < -0.3 is 9.47 Å². The van der Waals surface area contributed by atoms with Crippen LogP contribution in [0.15, 0.2) is 18.2 Å². The molecule has 0 unspecified atom stereocenters. The number of aromatic nitrogens is 1. The van der Waals surface area contributed by atoms with Gasteiger partial charge in [-0.3, -0.25) is 9.78 Å². The molecule has 0 aromatic carbocycles. The maximum atomic E-state index is 11.4. The molecule has 0 N–H and O–H groups in total. The summed E-state index contributed by atoms with van der Waals surface area (Å²) in [6, 6.07) is 5.73. The van der Waals surface area contributed by atoms with E-state index in [9.17, 15) is 4.79 Å². The summed E-state index contributed by atoms with van der Waals surface area (Å²) < 4.78 is 10.9. The molecule has 4 heteroatoms. The van der Waals surface area contributed by atoms with E-state index in [4.69, 9.17) is 9.47 Å². The number of ketones is 1. The molecule has 19 heavy (non-hydrogen) atoms. The number of ether oxygens (including phenoxy) is 2. The van der Waals surface area contributed by atoms with Crippen LogP contribution in [0.2, 0.25) is 0 Å². The van der Waals surface area contributed by atoms with Crippen molar-refractivity contribution < 1.29 is 14.3 Å². The fraction of sp³-hybridized carbons (Fsp3) is 0.600. The molecule has 0 aliphatic carbocycles. The standard InChI is InChI=1S/C15H23NO3/c1-11(2)15(17)10-18-8-13-6-5-7-14(16-13)9-19-12(3)4/h5-7,11-12H,8-10H2,1-4H3. The van der Waals surface area contributed by atoms with Gasteiger partial charge in [-0.25, -0.2) is 0 Å². The Hall–Kier alpha value is -1.26. The Kier molecular flexibility index (Phi) is 6.67. The van der Waals surface area contributed by atoms with Crippen LogP contribution >= 0.6 is 0 Å². The van der Waals surface area contributed by atoms with Gasteiger partial charge in [-0.05, 0) is 26.0 Å². The summed E-state index contributed by atoms with van der Waals surface area (Å²) >= 11 is 0. The van der Waals surface area contributed by atoms with E-state index in [0.29, 0.717) is 13.2 Å². The van der Waals surface area contributed by atoms with E-state index in [1.165, 1.54) is 0 Å². The predicted octanol–water partition coefficient (Wildman–Crippen LogP) is 2.75. The number of nitrogens with zero attached hydrogens (tertiary/aromatic N) is 1. The van der Waals surface area contributed by atoms with Gasteiger partial charge in [0, 0.05) is 5.92 Å². The second-order valence-electron chi connectivity index (χ2n) is 5.09. The molecule has 0 atom stereocenters. The van der Waals surface area contributed by atoms with Crippen LogP contribution in [0.5, 0.6) is 0 Å². The summed E-state index contributed by atoms with van der Waals surface area (Å²) in [4.78, 5) is 15.8. The first-order valence-corrected chi connectivity index (χ1v) is 6.66. The summed E-state index contributed by atoms with van der Waals surface area (Å²) in [6.45, 7) is 8.72. The van der Waals surface area contributed by atoms with Gasteiger partial charge >= 0.3 is 0 Å². The molecule has 1 aromatic rings. The van der Waals surface area contributed by atoms with E-state index in [-0.39, 0.29) is 24.4 Å². The van der Waals surface area contributed by atoms with Gasteiger partial charge in [0.1, 0.15) is 6.61 Å². The van der Waals surface area contributed by atoms with E-state index in [1.54, 1.807) is 0 Å². The SMILES string of the molecule is CC(C)OCc1cccc(COCC(=O)C(C)C)n1. The van der Waals surface area contributed by atoms with Crippen molar-refractivity contribution in [2.24, 2.45) is 5.92 Å². The second kappa shape index (κ2) is 8.02. The van der Waals surface area contributed by atoms with Crippen molar-refractivity contribution in [2.75, 3.05) is 6.61 Å². The van der Waals surface area contributed by atoms with Crippen molar-refractivity contribution in [3.63, 3.8) is 0 Å². The lowest BCUT2D eigenvalue weighted by atomic mass is 10.1. The number of carbonyl (C=O) groups excluding carboxylic acids is 1. The minimum atomic E-state index is 0.0127. The molecule has 0 fully saturated rings. The van der Waals surface area contributed by atoms with Crippen LogP contribution in [0.25, 0.3) is 0 Å². The summed E-state index contributed by atoms with van der Waals surface area (Å²) in [7, 11) is 0. The third-order valence-electron chi connectivity index (χ3n) is 2.57. The van der Waals surface area contributed by atoms with E-state index >= 15 is 0 Å². The van der Waals surface area contributed by atoms with Crippen LogP contribution in [0.4, 0.5) is 0 Å². The average Bonchev–Trinajstić information content (AvgIpc) is 2.36. The number of carbonyl (C=O) groups is 1. The van der Waals surface area contributed by atoms with E-state index in [0.717, 1.165) is 11.4 Å². The van der Waals surface area contributed by atoms with Crippen LogP contribution in [0.3, 0.4) is 0 Å². The van der Waals surface area contributed by atoms with E-state index in [1.807, 2.05) is 45.9 Å². The highest BCUT2D eigenvalue weighted by Crippen LogP contribution is 2.05. The highest BCUT2D eigenvalue weighted by molar-refractivity contribution is 5.81. The minimum Gasteiger partial charge on any atom is -0.373 e. The highest BCUT2D eigenvalue weighted by atomic mass is 16.5. The normalized spacial score (nSPS) is 11.3. The van der Waals surface area contributed by atoms with Crippen molar-refractivity contribution >= 4 is 5.78 Å². The Balaban J connectivity index is 2.42. The Labute approximate surface area is 115 Å². The molecule has 1 aromatic heterocycles. The molecule has 4 nitrogen and oxygen atoms in total. The first-order chi connectivity index (χ1) is 8.99. The Morgan fingerprint density at radius 1 is 1.16 bits per heavy atom. The fourth-order valence-electron chi connectivity index (χ4n) is 1.36. The number of pyridine rings is 1. The van der Waals surface area contributed by atoms with Crippen LogP contribution in [-0.4, -0.2) is 23.5 Å². The van der Waals surface area contributed by atoms with Crippen molar-refractivity contribution in [2.45, 2.75) is 47.0 Å². The minimum absolute atomic E-state index is 0.0127. The van der Waals surface area contributed by atoms with Gasteiger partial charge in [-0.2, -0.15) is 0 Å². The number of hydrogen-bond donors (Lipinski definition) is 0. The molecule has 0 saturated heterocycles. The van der Waals surface area contributed by atoms with Crippen LogP contribution in [0.1, 0.15) is 39.1 Å². The van der Waals surface area contributed by atoms with Gasteiger partial charge in [-0.15, -0.1) is 0 Å². The van der Waals surface area contributed by atoms with Gasteiger partial charge in [0.25, 0.3) is 0 Å². The van der Waals surface area contributed by atoms with Gasteiger partial charge in [0.2, 0.25) is 0 Å². The maximum Gasteiger partial charge on any atom is 0.160 e. The lowest BCUT2D eigenvalue weighted by molar-refractivity contribution is -0.126. The molecule has 1 heterocycles. The number of hydrogen-bond acceptors (Lipinski definition) is 4. The first kappa shape index (κ1) is 15.8. The molecule has 0 aliphatic heterocycles. The van der Waals surface area contributed by atoms with Gasteiger partial charge in [0.15, 0.2) is 5.78 Å². The fourth-order valence-corrected chi connectivity index (χ4v) is 1.36. The van der Waals surface area contributed by atoms with Crippen LogP contribution in [0, 0.1) is 5.92 Å². The zero-order valence-corrected chi connectivity index (χ0v) is 12.2. The van der Waals surface area contributed by atoms with Crippen LogP contribution in [-0.2, 0) is 27.5 Å². The number of rotatable bonds is 8. The molecule has 0 spiro atoms. The lowest BCUT2D eigenvalue weighted by Crippen LogP contribution is -2.15. The Morgan fingerprint density at radius 2 is 1.79 bits per heavy atom. The van der Waals surface area contributed by atoms with E-state index in [2.05, 4.69) is 4.98 Å². The molecule has 106 valence electrons. The molecule has 0 aliphatic rings. The average molecular weight is 265 g/mol. The van der Waals surface area contributed by atoms with Crippen molar-refractivity contribution in [3.8, 4) is 0 Å². The van der Waals surface area contributed by atoms with Crippen LogP contribution < -0.4 is 0 Å². The molecular formula is C15H23NO3. The molecule has 0 radical (unpaired) electrons. The monoisotopic (exact) mass is 265 g/mol. The largest absolute Gasteiger partial charge is 0.373 e.